The average Bonchev–Trinajstić information content (AvgIpc) is 3.34. The molecule has 0 radical (unpaired) electrons. The Morgan fingerprint density at radius 2 is 0.861 bits per heavy atom. The second kappa shape index (κ2) is 53.3. The van der Waals surface area contributed by atoms with Crippen LogP contribution in [0.15, 0.2) is 97.2 Å². The summed E-state index contributed by atoms with van der Waals surface area (Å²) < 4.78 is 23.3. The molecular formula is C63H113N2O6P. The standard InChI is InChI=1S/C63H113N2O6P/c1-6-8-10-12-14-16-18-20-22-24-25-26-27-28-29-30-31-32-33-34-35-36-37-38-39-41-43-45-47-49-51-53-55-57-63(67)64-61(60-71-72(68,69)70-59-58-65(3,4)5)62(66)56-54-52-50-48-46-44-42-40-23-21-19-17-15-13-11-9-7-2/h8,10,14,16,20,22-23,25-26,28-29,40,46,48,54,56,61-62,66H,6-7,9,11-13,15,17-19,21,24,27,30-39,41-45,47,49-53,55,57-60H2,1-5H3,(H-,64,67,68,69)/b10-8-,16-14-,22-20-,26-25-,29-28-,40-23+,48-46+,56-54+. The second-order valence-electron chi connectivity index (χ2n) is 20.9. The fourth-order valence-electron chi connectivity index (χ4n) is 8.15. The number of nitrogens with zero attached hydrogens (tertiary/aromatic N) is 1. The topological polar surface area (TPSA) is 108 Å². The van der Waals surface area contributed by atoms with Gasteiger partial charge in [0.2, 0.25) is 5.91 Å². The third-order valence-corrected chi connectivity index (χ3v) is 13.7. The number of hydrogen-bond donors (Lipinski definition) is 2. The number of phosphoric acid groups is 1. The highest BCUT2D eigenvalue weighted by molar-refractivity contribution is 7.45. The Bertz CT molecular complexity index is 1490. The maximum Gasteiger partial charge on any atom is 0.268 e. The van der Waals surface area contributed by atoms with Crippen LogP contribution in [0.3, 0.4) is 0 Å². The molecule has 0 aromatic carbocycles. The lowest BCUT2D eigenvalue weighted by molar-refractivity contribution is -0.870. The smallest absolute Gasteiger partial charge is 0.268 e. The zero-order chi connectivity index (χ0) is 52.7. The van der Waals surface area contributed by atoms with Gasteiger partial charge in [0.05, 0.1) is 39.9 Å². The minimum atomic E-state index is -4.61. The number of phosphoric ester groups is 1. The molecule has 0 rings (SSSR count). The molecule has 0 saturated heterocycles. The van der Waals surface area contributed by atoms with Crippen molar-refractivity contribution in [3.63, 3.8) is 0 Å². The average molecular weight is 1030 g/mol. The maximum absolute atomic E-state index is 13.0. The van der Waals surface area contributed by atoms with Crippen molar-refractivity contribution in [1.29, 1.82) is 0 Å². The number of aliphatic hydroxyl groups excluding tert-OH is 1. The van der Waals surface area contributed by atoms with Crippen molar-refractivity contribution < 1.29 is 32.9 Å². The SMILES string of the molecule is CC/C=C\C/C=C\C/C=C\C/C=C\C/C=C\CCCCCCCCCCCCCCCCCCCC(=O)NC(COP(=O)([O-])OCC[N+](C)(C)C)C(O)/C=C/CC/C=C/CC/C=C/CCCCCCCCC. The highest BCUT2D eigenvalue weighted by Gasteiger charge is 2.23. The van der Waals surface area contributed by atoms with Gasteiger partial charge in [0.1, 0.15) is 13.2 Å². The fourth-order valence-corrected chi connectivity index (χ4v) is 8.88. The number of amides is 1. The number of likely N-dealkylation sites (N-methyl/N-ethyl adjacent to an activating group) is 1. The van der Waals surface area contributed by atoms with Crippen LogP contribution < -0.4 is 10.2 Å². The van der Waals surface area contributed by atoms with Gasteiger partial charge in [-0.1, -0.05) is 246 Å². The third-order valence-electron chi connectivity index (χ3n) is 12.8. The van der Waals surface area contributed by atoms with Crippen LogP contribution in [-0.4, -0.2) is 68.5 Å². The van der Waals surface area contributed by atoms with Crippen LogP contribution in [0.2, 0.25) is 0 Å². The second-order valence-corrected chi connectivity index (χ2v) is 22.4. The minimum Gasteiger partial charge on any atom is -0.756 e. The van der Waals surface area contributed by atoms with Gasteiger partial charge in [0, 0.05) is 6.42 Å². The monoisotopic (exact) mass is 1020 g/mol. The molecule has 9 heteroatoms. The Morgan fingerprint density at radius 3 is 1.29 bits per heavy atom. The molecule has 0 aromatic heterocycles. The largest absolute Gasteiger partial charge is 0.756 e. The summed E-state index contributed by atoms with van der Waals surface area (Å²) in [6, 6.07) is -0.914. The van der Waals surface area contributed by atoms with E-state index in [0.29, 0.717) is 17.4 Å². The Hall–Kier alpha value is -2.58. The predicted molar refractivity (Wildman–Crippen MR) is 311 cm³/mol. The molecule has 1 amide bonds. The Labute approximate surface area is 445 Å². The van der Waals surface area contributed by atoms with Gasteiger partial charge in [-0.3, -0.25) is 9.36 Å². The summed E-state index contributed by atoms with van der Waals surface area (Å²) >= 11 is 0. The fraction of sp³-hybridized carbons (Fsp3) is 0.730. The van der Waals surface area contributed by atoms with Crippen LogP contribution in [0.25, 0.3) is 0 Å². The lowest BCUT2D eigenvalue weighted by atomic mass is 10.0. The summed E-state index contributed by atoms with van der Waals surface area (Å²) in [5.74, 6) is -0.213. The van der Waals surface area contributed by atoms with E-state index < -0.39 is 26.6 Å². The van der Waals surface area contributed by atoms with E-state index in [1.807, 2.05) is 27.2 Å². The number of unbranched alkanes of at least 4 members (excludes halogenated alkanes) is 26. The zero-order valence-corrected chi connectivity index (χ0v) is 48.2. The first-order valence-electron chi connectivity index (χ1n) is 29.6. The van der Waals surface area contributed by atoms with Crippen LogP contribution in [0.1, 0.15) is 245 Å². The van der Waals surface area contributed by atoms with Gasteiger partial charge in [0.15, 0.2) is 0 Å². The zero-order valence-electron chi connectivity index (χ0n) is 47.4. The molecule has 0 spiro atoms. The van der Waals surface area contributed by atoms with Gasteiger partial charge >= 0.3 is 0 Å². The number of hydrogen-bond acceptors (Lipinski definition) is 6. The Morgan fingerprint density at radius 1 is 0.500 bits per heavy atom. The van der Waals surface area contributed by atoms with E-state index >= 15 is 0 Å². The van der Waals surface area contributed by atoms with Crippen molar-refractivity contribution in [2.75, 3.05) is 40.9 Å². The van der Waals surface area contributed by atoms with E-state index in [0.717, 1.165) is 77.0 Å². The van der Waals surface area contributed by atoms with Crippen molar-refractivity contribution in [3.8, 4) is 0 Å². The van der Waals surface area contributed by atoms with E-state index in [1.165, 1.54) is 148 Å². The number of quaternary nitrogens is 1. The molecule has 416 valence electrons. The molecule has 72 heavy (non-hydrogen) atoms. The van der Waals surface area contributed by atoms with E-state index in [1.54, 1.807) is 6.08 Å². The first-order valence-corrected chi connectivity index (χ1v) is 31.1. The molecule has 0 heterocycles. The van der Waals surface area contributed by atoms with Crippen molar-refractivity contribution in [2.24, 2.45) is 0 Å². The summed E-state index contributed by atoms with van der Waals surface area (Å²) in [6.45, 7) is 4.50. The first kappa shape index (κ1) is 69.4. The normalized spacial score (nSPS) is 14.6. The number of carbonyl (C=O) groups is 1. The molecule has 0 aliphatic rings. The highest BCUT2D eigenvalue weighted by atomic mass is 31.2. The predicted octanol–water partition coefficient (Wildman–Crippen LogP) is 17.6. The van der Waals surface area contributed by atoms with Crippen LogP contribution in [0, 0.1) is 0 Å². The van der Waals surface area contributed by atoms with Crippen LogP contribution in [0.5, 0.6) is 0 Å². The summed E-state index contributed by atoms with van der Waals surface area (Å²) in [7, 11) is 1.23. The Kier molecular flexibility index (Phi) is 51.3. The number of allylic oxidation sites excluding steroid dienone is 15. The molecule has 8 nitrogen and oxygen atoms in total. The molecule has 0 aliphatic carbocycles. The van der Waals surface area contributed by atoms with Crippen molar-refractivity contribution >= 4 is 13.7 Å². The van der Waals surface area contributed by atoms with Crippen molar-refractivity contribution in [1.82, 2.24) is 5.32 Å². The summed E-state index contributed by atoms with van der Waals surface area (Å²) in [5, 5.41) is 13.8. The molecule has 0 saturated carbocycles. The molecule has 3 unspecified atom stereocenters. The van der Waals surface area contributed by atoms with E-state index in [2.05, 4.69) is 104 Å². The van der Waals surface area contributed by atoms with E-state index in [9.17, 15) is 19.4 Å². The Balaban J connectivity index is 4.14. The van der Waals surface area contributed by atoms with Gasteiger partial charge in [-0.05, 0) is 89.9 Å². The number of aliphatic hydroxyl groups is 1. The summed E-state index contributed by atoms with van der Waals surface area (Å²) in [6.07, 6.45) is 76.4. The van der Waals surface area contributed by atoms with Gasteiger partial charge in [0.25, 0.3) is 7.82 Å². The molecule has 0 bridgehead atoms. The molecule has 0 fully saturated rings. The maximum atomic E-state index is 13.0. The summed E-state index contributed by atoms with van der Waals surface area (Å²) in [5.41, 5.74) is 0. The van der Waals surface area contributed by atoms with E-state index in [-0.39, 0.29) is 12.5 Å². The highest BCUT2D eigenvalue weighted by Crippen LogP contribution is 2.38. The van der Waals surface area contributed by atoms with Crippen molar-refractivity contribution in [3.05, 3.63) is 97.2 Å². The molecule has 3 atom stereocenters. The van der Waals surface area contributed by atoms with Gasteiger partial charge in [-0.2, -0.15) is 0 Å². The van der Waals surface area contributed by atoms with Gasteiger partial charge < -0.3 is 28.8 Å². The summed E-state index contributed by atoms with van der Waals surface area (Å²) in [4.78, 5) is 25.5. The van der Waals surface area contributed by atoms with Gasteiger partial charge in [-0.15, -0.1) is 0 Å². The third kappa shape index (κ3) is 55.2. The molecule has 0 aliphatic heterocycles. The molecule has 0 aromatic rings. The number of rotatable bonds is 53. The quantitative estimate of drug-likeness (QED) is 0.0272. The van der Waals surface area contributed by atoms with Gasteiger partial charge in [-0.25, -0.2) is 0 Å². The molecular weight excluding hydrogens is 912 g/mol. The van der Waals surface area contributed by atoms with E-state index in [4.69, 9.17) is 9.05 Å². The molecule has 2 N–H and O–H groups in total. The van der Waals surface area contributed by atoms with Crippen LogP contribution >= 0.6 is 7.82 Å². The minimum absolute atomic E-state index is 0.0118. The number of carbonyl (C=O) groups excluding carboxylic acids is 1. The number of nitrogens with one attached hydrogen (secondary N) is 1. The lowest BCUT2D eigenvalue weighted by Crippen LogP contribution is -2.45. The van der Waals surface area contributed by atoms with Crippen LogP contribution in [-0.2, 0) is 18.4 Å². The lowest BCUT2D eigenvalue weighted by Gasteiger charge is -2.29. The van der Waals surface area contributed by atoms with Crippen molar-refractivity contribution in [2.45, 2.75) is 257 Å². The first-order chi connectivity index (χ1) is 35.0. The van der Waals surface area contributed by atoms with Crippen LogP contribution in [0.4, 0.5) is 0 Å².